The van der Waals surface area contributed by atoms with Gasteiger partial charge in [0, 0.05) is 6.20 Å². The molecule has 0 unspecified atom stereocenters. The van der Waals surface area contributed by atoms with Gasteiger partial charge in [0.2, 0.25) is 0 Å². The Bertz CT molecular complexity index is 910. The molecule has 1 aromatic heterocycles. The van der Waals surface area contributed by atoms with E-state index < -0.39 is 5.97 Å². The van der Waals surface area contributed by atoms with Crippen molar-refractivity contribution in [2.45, 2.75) is 0 Å². The molecule has 0 aliphatic heterocycles. The first-order chi connectivity index (χ1) is 11.5. The third kappa shape index (κ3) is 3.19. The van der Waals surface area contributed by atoms with Crippen LogP contribution in [0.4, 0.5) is 5.82 Å². The topological polar surface area (TPSA) is 70.1 Å². The number of hydrogen-bond acceptors (Lipinski definition) is 4. The van der Waals surface area contributed by atoms with Crippen LogP contribution < -0.4 is 10.5 Å². The van der Waals surface area contributed by atoms with Gasteiger partial charge in [0.25, 0.3) is 0 Å². The SMILES string of the molecule is Nc1nn(-c2ccc(Cl)c(Cl)c2Cl)cc1C(=O)Oc1ccccc1. The van der Waals surface area contributed by atoms with E-state index in [-0.39, 0.29) is 21.4 Å². The summed E-state index contributed by atoms with van der Waals surface area (Å²) in [5.74, 6) is -0.207. The summed E-state index contributed by atoms with van der Waals surface area (Å²) in [6.07, 6.45) is 1.42. The van der Waals surface area contributed by atoms with Crippen molar-refractivity contribution in [1.29, 1.82) is 0 Å². The molecule has 1 heterocycles. The molecule has 0 atom stereocenters. The van der Waals surface area contributed by atoms with E-state index in [4.69, 9.17) is 45.3 Å². The number of esters is 1. The molecular formula is C16H10Cl3N3O2. The first kappa shape index (κ1) is 16.6. The van der Waals surface area contributed by atoms with Crippen molar-refractivity contribution in [3.8, 4) is 11.4 Å². The number of para-hydroxylation sites is 1. The Hall–Kier alpha value is -2.21. The van der Waals surface area contributed by atoms with Gasteiger partial charge in [0.15, 0.2) is 5.82 Å². The second-order valence-corrected chi connectivity index (χ2v) is 5.93. The number of carbonyl (C=O) groups is 1. The van der Waals surface area contributed by atoms with Crippen molar-refractivity contribution >= 4 is 46.6 Å². The average molecular weight is 383 g/mol. The summed E-state index contributed by atoms with van der Waals surface area (Å²) < 4.78 is 6.60. The number of nitrogens with two attached hydrogens (primary N) is 1. The molecule has 8 heteroatoms. The summed E-state index contributed by atoms with van der Waals surface area (Å²) in [5.41, 5.74) is 6.37. The van der Waals surface area contributed by atoms with E-state index in [1.54, 1.807) is 36.4 Å². The van der Waals surface area contributed by atoms with Gasteiger partial charge in [-0.15, -0.1) is 5.10 Å². The van der Waals surface area contributed by atoms with E-state index in [0.717, 1.165) is 0 Å². The largest absolute Gasteiger partial charge is 0.423 e. The quantitative estimate of drug-likeness (QED) is 0.407. The molecule has 3 rings (SSSR count). The normalized spacial score (nSPS) is 10.6. The van der Waals surface area contributed by atoms with Gasteiger partial charge in [0.05, 0.1) is 20.8 Å². The zero-order chi connectivity index (χ0) is 17.3. The Kier molecular flexibility index (Phi) is 4.66. The molecule has 2 N–H and O–H groups in total. The Morgan fingerprint density at radius 2 is 1.75 bits per heavy atom. The number of rotatable bonds is 3. The monoisotopic (exact) mass is 381 g/mol. The molecule has 0 spiro atoms. The summed E-state index contributed by atoms with van der Waals surface area (Å²) in [6, 6.07) is 11.8. The van der Waals surface area contributed by atoms with E-state index in [2.05, 4.69) is 5.10 Å². The molecule has 5 nitrogen and oxygen atoms in total. The van der Waals surface area contributed by atoms with Crippen LogP contribution in [0.3, 0.4) is 0 Å². The number of nitrogen functional groups attached to an aromatic ring is 1. The maximum absolute atomic E-state index is 12.2. The highest BCUT2D eigenvalue weighted by Crippen LogP contribution is 2.34. The minimum atomic E-state index is -0.624. The van der Waals surface area contributed by atoms with Crippen LogP contribution in [0.2, 0.25) is 15.1 Å². The van der Waals surface area contributed by atoms with Crippen LogP contribution in [-0.4, -0.2) is 15.7 Å². The number of hydrogen-bond donors (Lipinski definition) is 1. The van der Waals surface area contributed by atoms with Gasteiger partial charge in [-0.1, -0.05) is 53.0 Å². The molecule has 0 radical (unpaired) electrons. The van der Waals surface area contributed by atoms with E-state index in [1.807, 2.05) is 6.07 Å². The number of halogens is 3. The van der Waals surface area contributed by atoms with Crippen LogP contribution in [0.1, 0.15) is 10.4 Å². The molecule has 3 aromatic rings. The third-order valence-electron chi connectivity index (χ3n) is 3.18. The van der Waals surface area contributed by atoms with E-state index in [0.29, 0.717) is 16.5 Å². The van der Waals surface area contributed by atoms with Crippen LogP contribution in [-0.2, 0) is 0 Å². The molecule has 0 saturated heterocycles. The predicted molar refractivity (Wildman–Crippen MR) is 94.4 cm³/mol. The van der Waals surface area contributed by atoms with Gasteiger partial charge in [-0.3, -0.25) is 0 Å². The van der Waals surface area contributed by atoms with Gasteiger partial charge in [0.1, 0.15) is 11.3 Å². The minimum Gasteiger partial charge on any atom is -0.423 e. The van der Waals surface area contributed by atoms with Gasteiger partial charge in [-0.05, 0) is 24.3 Å². The second-order valence-electron chi connectivity index (χ2n) is 4.77. The van der Waals surface area contributed by atoms with Crippen molar-refractivity contribution in [2.75, 3.05) is 5.73 Å². The van der Waals surface area contributed by atoms with Crippen molar-refractivity contribution in [3.05, 3.63) is 69.3 Å². The molecule has 0 aliphatic carbocycles. The molecule has 0 saturated carbocycles. The van der Waals surface area contributed by atoms with Crippen LogP contribution in [0.25, 0.3) is 5.69 Å². The third-order valence-corrected chi connectivity index (χ3v) is 4.46. The Labute approximate surface area is 152 Å². The Morgan fingerprint density at radius 1 is 1.04 bits per heavy atom. The Balaban J connectivity index is 1.93. The fourth-order valence-electron chi connectivity index (χ4n) is 2.01. The molecule has 2 aromatic carbocycles. The average Bonchev–Trinajstić information content (AvgIpc) is 2.95. The standard InChI is InChI=1S/C16H10Cl3N3O2/c17-11-6-7-12(14(19)13(11)18)22-8-10(15(20)21-22)16(23)24-9-4-2-1-3-5-9/h1-8H,(H2,20,21). The Morgan fingerprint density at radius 3 is 2.46 bits per heavy atom. The molecule has 24 heavy (non-hydrogen) atoms. The molecular weight excluding hydrogens is 373 g/mol. The van der Waals surface area contributed by atoms with Crippen LogP contribution in [0, 0.1) is 0 Å². The smallest absolute Gasteiger partial charge is 0.348 e. The highest BCUT2D eigenvalue weighted by molar-refractivity contribution is 6.48. The molecule has 122 valence electrons. The second kappa shape index (κ2) is 6.73. The fraction of sp³-hybridized carbons (Fsp3) is 0. The molecule has 0 aliphatic rings. The predicted octanol–water partition coefficient (Wildman–Crippen LogP) is 4.63. The molecule has 0 bridgehead atoms. The van der Waals surface area contributed by atoms with Crippen molar-refractivity contribution in [1.82, 2.24) is 9.78 Å². The summed E-state index contributed by atoms with van der Waals surface area (Å²) in [7, 11) is 0. The van der Waals surface area contributed by atoms with E-state index >= 15 is 0 Å². The van der Waals surface area contributed by atoms with Crippen LogP contribution >= 0.6 is 34.8 Å². The van der Waals surface area contributed by atoms with Gasteiger partial charge in [-0.25, -0.2) is 9.48 Å². The highest BCUT2D eigenvalue weighted by Gasteiger charge is 2.19. The zero-order valence-corrected chi connectivity index (χ0v) is 14.3. The number of anilines is 1. The molecule has 0 fully saturated rings. The van der Waals surface area contributed by atoms with Gasteiger partial charge in [-0.2, -0.15) is 0 Å². The van der Waals surface area contributed by atoms with E-state index in [1.165, 1.54) is 10.9 Å². The maximum atomic E-state index is 12.2. The van der Waals surface area contributed by atoms with Crippen LogP contribution in [0.15, 0.2) is 48.7 Å². The summed E-state index contributed by atoms with van der Waals surface area (Å²) in [4.78, 5) is 12.2. The number of ether oxygens (including phenoxy) is 1. The summed E-state index contributed by atoms with van der Waals surface area (Å²) in [5, 5.41) is 4.79. The maximum Gasteiger partial charge on any atom is 0.348 e. The fourth-order valence-corrected chi connectivity index (χ4v) is 2.63. The lowest BCUT2D eigenvalue weighted by Gasteiger charge is -2.06. The van der Waals surface area contributed by atoms with E-state index in [9.17, 15) is 4.79 Å². The highest BCUT2D eigenvalue weighted by atomic mass is 35.5. The van der Waals surface area contributed by atoms with Crippen LogP contribution in [0.5, 0.6) is 5.75 Å². The van der Waals surface area contributed by atoms with Gasteiger partial charge < -0.3 is 10.5 Å². The molecule has 0 amide bonds. The summed E-state index contributed by atoms with van der Waals surface area (Å²) >= 11 is 18.1. The number of aromatic nitrogens is 2. The number of benzene rings is 2. The summed E-state index contributed by atoms with van der Waals surface area (Å²) in [6.45, 7) is 0. The lowest BCUT2D eigenvalue weighted by Crippen LogP contribution is -2.09. The first-order valence-corrected chi connectivity index (χ1v) is 7.87. The lowest BCUT2D eigenvalue weighted by atomic mass is 10.3. The first-order valence-electron chi connectivity index (χ1n) is 6.73. The van der Waals surface area contributed by atoms with Crippen molar-refractivity contribution in [3.63, 3.8) is 0 Å². The van der Waals surface area contributed by atoms with Crippen molar-refractivity contribution in [2.24, 2.45) is 0 Å². The number of carbonyl (C=O) groups excluding carboxylic acids is 1. The number of nitrogens with zero attached hydrogens (tertiary/aromatic N) is 2. The zero-order valence-electron chi connectivity index (χ0n) is 12.0. The van der Waals surface area contributed by atoms with Gasteiger partial charge >= 0.3 is 5.97 Å². The van der Waals surface area contributed by atoms with Crippen molar-refractivity contribution < 1.29 is 9.53 Å². The lowest BCUT2D eigenvalue weighted by molar-refractivity contribution is 0.0736. The minimum absolute atomic E-state index is 0.0121.